The van der Waals surface area contributed by atoms with E-state index in [2.05, 4.69) is 37.9 Å². The first-order valence-electron chi connectivity index (χ1n) is 6.55. The minimum atomic E-state index is -0.0111. The standard InChI is InChI=1S/C13H26N2O/c1-6-7-10(4)15-12(8-9(2)3)14-11(5)13(15)16/h9-12,14H,6-8H2,1-5H3. The fourth-order valence-corrected chi connectivity index (χ4v) is 2.53. The van der Waals surface area contributed by atoms with E-state index in [1.54, 1.807) is 0 Å². The zero-order chi connectivity index (χ0) is 12.3. The molecule has 1 aliphatic rings. The monoisotopic (exact) mass is 226 g/mol. The topological polar surface area (TPSA) is 32.3 Å². The molecule has 16 heavy (non-hydrogen) atoms. The van der Waals surface area contributed by atoms with Crippen LogP contribution < -0.4 is 5.32 Å². The lowest BCUT2D eigenvalue weighted by Gasteiger charge is -2.31. The van der Waals surface area contributed by atoms with Gasteiger partial charge in [0.1, 0.15) is 0 Å². The molecule has 1 aliphatic heterocycles. The Morgan fingerprint density at radius 1 is 1.38 bits per heavy atom. The lowest BCUT2D eigenvalue weighted by molar-refractivity contribution is -0.132. The highest BCUT2D eigenvalue weighted by atomic mass is 16.2. The first kappa shape index (κ1) is 13.5. The van der Waals surface area contributed by atoms with Gasteiger partial charge in [-0.1, -0.05) is 27.2 Å². The molecule has 0 radical (unpaired) electrons. The van der Waals surface area contributed by atoms with Crippen LogP contribution >= 0.6 is 0 Å². The predicted molar refractivity (Wildman–Crippen MR) is 67.1 cm³/mol. The highest BCUT2D eigenvalue weighted by molar-refractivity contribution is 5.84. The van der Waals surface area contributed by atoms with E-state index in [-0.39, 0.29) is 18.1 Å². The van der Waals surface area contributed by atoms with Gasteiger partial charge in [-0.2, -0.15) is 0 Å². The molecule has 1 rings (SSSR count). The van der Waals surface area contributed by atoms with Crippen LogP contribution in [0.2, 0.25) is 0 Å². The number of hydrogen-bond acceptors (Lipinski definition) is 2. The van der Waals surface area contributed by atoms with Gasteiger partial charge < -0.3 is 4.90 Å². The fourth-order valence-electron chi connectivity index (χ4n) is 2.53. The molecule has 0 bridgehead atoms. The second-order valence-electron chi connectivity index (χ2n) is 5.42. The zero-order valence-electron chi connectivity index (χ0n) is 11.3. The molecule has 3 heteroatoms. The van der Waals surface area contributed by atoms with E-state index in [1.165, 1.54) is 0 Å². The average molecular weight is 226 g/mol. The highest BCUT2D eigenvalue weighted by Crippen LogP contribution is 2.22. The summed E-state index contributed by atoms with van der Waals surface area (Å²) in [6.07, 6.45) is 3.51. The maximum absolute atomic E-state index is 12.1. The number of rotatable bonds is 5. The van der Waals surface area contributed by atoms with Crippen LogP contribution in [0.3, 0.4) is 0 Å². The third-order valence-corrected chi connectivity index (χ3v) is 3.28. The van der Waals surface area contributed by atoms with Crippen molar-refractivity contribution in [1.82, 2.24) is 10.2 Å². The average Bonchev–Trinajstić information content (AvgIpc) is 2.41. The van der Waals surface area contributed by atoms with Gasteiger partial charge in [-0.3, -0.25) is 10.1 Å². The summed E-state index contributed by atoms with van der Waals surface area (Å²) < 4.78 is 0. The molecule has 0 aromatic carbocycles. The van der Waals surface area contributed by atoms with Crippen LogP contribution in [0.4, 0.5) is 0 Å². The molecular weight excluding hydrogens is 200 g/mol. The SMILES string of the molecule is CCCC(C)N1C(=O)C(C)NC1CC(C)C. The Morgan fingerprint density at radius 3 is 2.50 bits per heavy atom. The maximum Gasteiger partial charge on any atom is 0.240 e. The van der Waals surface area contributed by atoms with E-state index in [0.29, 0.717) is 12.0 Å². The third kappa shape index (κ3) is 2.97. The van der Waals surface area contributed by atoms with Crippen molar-refractivity contribution in [1.29, 1.82) is 0 Å². The number of nitrogens with zero attached hydrogens (tertiary/aromatic N) is 1. The van der Waals surface area contributed by atoms with Crippen molar-refractivity contribution in [3.63, 3.8) is 0 Å². The van der Waals surface area contributed by atoms with E-state index in [0.717, 1.165) is 19.3 Å². The van der Waals surface area contributed by atoms with Crippen LogP contribution in [0.15, 0.2) is 0 Å². The molecule has 0 saturated carbocycles. The van der Waals surface area contributed by atoms with Crippen LogP contribution in [-0.4, -0.2) is 29.1 Å². The molecule has 3 unspecified atom stereocenters. The Kier molecular flexibility index (Phi) is 4.78. The Hall–Kier alpha value is -0.570. The van der Waals surface area contributed by atoms with E-state index < -0.39 is 0 Å². The number of carbonyl (C=O) groups is 1. The van der Waals surface area contributed by atoms with E-state index in [1.807, 2.05) is 6.92 Å². The number of nitrogens with one attached hydrogen (secondary N) is 1. The minimum absolute atomic E-state index is 0.0111. The summed E-state index contributed by atoms with van der Waals surface area (Å²) in [7, 11) is 0. The van der Waals surface area contributed by atoms with Crippen molar-refractivity contribution in [2.24, 2.45) is 5.92 Å². The molecule has 1 amide bonds. The Labute approximate surface area is 99.6 Å². The maximum atomic E-state index is 12.1. The second kappa shape index (κ2) is 5.67. The molecule has 1 heterocycles. The van der Waals surface area contributed by atoms with Crippen molar-refractivity contribution in [3.8, 4) is 0 Å². The van der Waals surface area contributed by atoms with Gasteiger partial charge in [-0.15, -0.1) is 0 Å². The summed E-state index contributed by atoms with van der Waals surface area (Å²) in [6, 6.07) is 0.349. The van der Waals surface area contributed by atoms with Gasteiger partial charge in [0.15, 0.2) is 0 Å². The molecule has 0 aliphatic carbocycles. The van der Waals surface area contributed by atoms with Gasteiger partial charge in [0, 0.05) is 6.04 Å². The van der Waals surface area contributed by atoms with Gasteiger partial charge in [0.2, 0.25) is 5.91 Å². The molecule has 3 atom stereocenters. The van der Waals surface area contributed by atoms with Crippen LogP contribution in [-0.2, 0) is 4.79 Å². The van der Waals surface area contributed by atoms with Gasteiger partial charge >= 0.3 is 0 Å². The molecule has 0 spiro atoms. The summed E-state index contributed by atoms with van der Waals surface area (Å²) >= 11 is 0. The lowest BCUT2D eigenvalue weighted by Crippen LogP contribution is -2.43. The second-order valence-corrected chi connectivity index (χ2v) is 5.42. The Morgan fingerprint density at radius 2 is 2.00 bits per heavy atom. The number of hydrogen-bond donors (Lipinski definition) is 1. The quantitative estimate of drug-likeness (QED) is 0.780. The third-order valence-electron chi connectivity index (χ3n) is 3.28. The van der Waals surface area contributed by atoms with Crippen LogP contribution in [0, 0.1) is 5.92 Å². The normalized spacial score (nSPS) is 27.9. The highest BCUT2D eigenvalue weighted by Gasteiger charge is 2.38. The van der Waals surface area contributed by atoms with Crippen molar-refractivity contribution >= 4 is 5.91 Å². The summed E-state index contributed by atoms with van der Waals surface area (Å²) in [6.45, 7) is 10.7. The Balaban J connectivity index is 2.70. The van der Waals surface area contributed by atoms with E-state index >= 15 is 0 Å². The first-order valence-corrected chi connectivity index (χ1v) is 6.55. The molecule has 0 aromatic heterocycles. The molecule has 1 N–H and O–H groups in total. The van der Waals surface area contributed by atoms with Gasteiger partial charge in [0.25, 0.3) is 0 Å². The largest absolute Gasteiger partial charge is 0.323 e. The van der Waals surface area contributed by atoms with Crippen molar-refractivity contribution in [2.45, 2.75) is 72.1 Å². The van der Waals surface area contributed by atoms with Gasteiger partial charge in [0.05, 0.1) is 12.2 Å². The Bertz CT molecular complexity index is 240. The van der Waals surface area contributed by atoms with Gasteiger partial charge in [-0.25, -0.2) is 0 Å². The summed E-state index contributed by atoms with van der Waals surface area (Å²) in [5, 5.41) is 3.40. The number of amides is 1. The van der Waals surface area contributed by atoms with E-state index in [4.69, 9.17) is 0 Å². The minimum Gasteiger partial charge on any atom is -0.323 e. The van der Waals surface area contributed by atoms with Gasteiger partial charge in [-0.05, 0) is 32.6 Å². The summed E-state index contributed by atoms with van der Waals surface area (Å²) in [4.78, 5) is 14.1. The van der Waals surface area contributed by atoms with Crippen molar-refractivity contribution in [3.05, 3.63) is 0 Å². The molecule has 0 aromatic rings. The zero-order valence-corrected chi connectivity index (χ0v) is 11.3. The van der Waals surface area contributed by atoms with Crippen molar-refractivity contribution < 1.29 is 4.79 Å². The molecule has 94 valence electrons. The molecule has 1 fully saturated rings. The lowest BCUT2D eigenvalue weighted by atomic mass is 10.1. The van der Waals surface area contributed by atoms with E-state index in [9.17, 15) is 4.79 Å². The van der Waals surface area contributed by atoms with Crippen molar-refractivity contribution in [2.75, 3.05) is 0 Å². The molecular formula is C13H26N2O. The molecule has 1 saturated heterocycles. The summed E-state index contributed by atoms with van der Waals surface area (Å²) in [5.41, 5.74) is 0. The number of carbonyl (C=O) groups excluding carboxylic acids is 1. The fraction of sp³-hybridized carbons (Fsp3) is 0.923. The molecule has 3 nitrogen and oxygen atoms in total. The van der Waals surface area contributed by atoms with Crippen LogP contribution in [0.25, 0.3) is 0 Å². The van der Waals surface area contributed by atoms with Crippen LogP contribution in [0.1, 0.15) is 53.9 Å². The first-order chi connectivity index (χ1) is 7.47. The summed E-state index contributed by atoms with van der Waals surface area (Å²) in [5.74, 6) is 0.888. The van der Waals surface area contributed by atoms with Crippen LogP contribution in [0.5, 0.6) is 0 Å². The smallest absolute Gasteiger partial charge is 0.240 e. The predicted octanol–water partition coefficient (Wildman–Crippen LogP) is 2.37.